The molecular weight excluding hydrogens is 581 g/mol. The van der Waals surface area contributed by atoms with Crippen LogP contribution in [-0.4, -0.2) is 46.9 Å². The molecule has 1 heterocycles. The molecule has 0 radical (unpaired) electrons. The Bertz CT molecular complexity index is 1090. The molecule has 0 bridgehead atoms. The third-order valence-electron chi connectivity index (χ3n) is 8.20. The monoisotopic (exact) mass is 629 g/mol. The molecule has 208 valence electrons. The number of hydrogen-bond donors (Lipinski definition) is 2. The molecule has 0 saturated carbocycles. The molecule has 2 N–H and O–H groups in total. The zero-order valence-electron chi connectivity index (χ0n) is 24.2. The van der Waals surface area contributed by atoms with Crippen LogP contribution in [0.1, 0.15) is 112 Å². The maximum atomic E-state index is 13.7. The molecule has 6 heteroatoms. The van der Waals surface area contributed by atoms with Crippen LogP contribution in [0.4, 0.5) is 0 Å². The maximum absolute atomic E-state index is 13.7. The Morgan fingerprint density at radius 2 is 1.53 bits per heavy atom. The number of unbranched alkanes of at least 4 members (excludes halogenated alkanes) is 3. The van der Waals surface area contributed by atoms with Crippen molar-refractivity contribution in [2.45, 2.75) is 111 Å². The van der Waals surface area contributed by atoms with Crippen molar-refractivity contribution in [3.63, 3.8) is 0 Å². The molecule has 1 aliphatic rings. The van der Waals surface area contributed by atoms with Gasteiger partial charge in [0, 0.05) is 0 Å². The summed E-state index contributed by atoms with van der Waals surface area (Å²) in [6.45, 7) is 12.0. The van der Waals surface area contributed by atoms with Gasteiger partial charge in [0.1, 0.15) is 0 Å². The van der Waals surface area contributed by atoms with Crippen molar-refractivity contribution in [2.24, 2.45) is 0 Å². The van der Waals surface area contributed by atoms with E-state index >= 15 is 0 Å². The number of Topliss-reactive ketones (excluding diaryl/α,β-unsaturated/α-hetero) is 1. The summed E-state index contributed by atoms with van der Waals surface area (Å²) in [6, 6.07) is 12.9. The van der Waals surface area contributed by atoms with Crippen LogP contribution in [0.25, 0.3) is 0 Å². The van der Waals surface area contributed by atoms with Gasteiger partial charge in [-0.05, 0) is 0 Å². The summed E-state index contributed by atoms with van der Waals surface area (Å²) in [5.41, 5.74) is 0.920. The van der Waals surface area contributed by atoms with Crippen molar-refractivity contribution in [1.82, 2.24) is 5.32 Å². The van der Waals surface area contributed by atoms with Gasteiger partial charge in [0.05, 0.1) is 0 Å². The van der Waals surface area contributed by atoms with E-state index in [1.807, 2.05) is 26.0 Å². The summed E-state index contributed by atoms with van der Waals surface area (Å²) in [5.74, 6) is 0.313. The molecule has 38 heavy (non-hydrogen) atoms. The fraction of sp³-hybridized carbons (Fsp3) is 0.562. The molecule has 0 unspecified atom stereocenters. The predicted octanol–water partition coefficient (Wildman–Crippen LogP) is 6.95. The van der Waals surface area contributed by atoms with Gasteiger partial charge >= 0.3 is 234 Å². The van der Waals surface area contributed by atoms with Gasteiger partial charge in [-0.3, -0.25) is 0 Å². The first kappa shape index (κ1) is 30.7. The molecular formula is C32H47NO4Sn. The predicted molar refractivity (Wildman–Crippen MR) is 158 cm³/mol. The Morgan fingerprint density at radius 3 is 2.08 bits per heavy atom. The summed E-state index contributed by atoms with van der Waals surface area (Å²) >= 11 is -2.71. The van der Waals surface area contributed by atoms with Crippen molar-refractivity contribution in [2.75, 3.05) is 0 Å². The van der Waals surface area contributed by atoms with E-state index in [0.29, 0.717) is 22.4 Å². The normalized spacial score (nSPS) is 18.4. The molecule has 0 spiro atoms. The fourth-order valence-electron chi connectivity index (χ4n) is 5.74. The summed E-state index contributed by atoms with van der Waals surface area (Å²) in [5, 5.41) is 14.3. The van der Waals surface area contributed by atoms with Gasteiger partial charge in [-0.2, -0.15) is 0 Å². The second-order valence-corrected chi connectivity index (χ2v) is 24.8. The molecule has 0 aliphatic carbocycles. The number of fused-ring (bicyclic) bond motifs is 1. The Kier molecular flexibility index (Phi) is 10.9. The van der Waals surface area contributed by atoms with E-state index < -0.39 is 36.1 Å². The first-order valence-corrected chi connectivity index (χ1v) is 22.0. The summed E-state index contributed by atoms with van der Waals surface area (Å²) in [6.07, 6.45) is 6.43. The third kappa shape index (κ3) is 7.01. The average molecular weight is 628 g/mol. The second-order valence-electron chi connectivity index (χ2n) is 11.6. The number of ketones is 1. The van der Waals surface area contributed by atoms with Crippen LogP contribution < -0.4 is 13.6 Å². The topological polar surface area (TPSA) is 75.6 Å². The molecule has 1 aliphatic heterocycles. The fourth-order valence-corrected chi connectivity index (χ4v) is 21.8. The number of hydrogen-bond acceptors (Lipinski definition) is 4. The van der Waals surface area contributed by atoms with Crippen molar-refractivity contribution in [1.29, 1.82) is 0 Å². The summed E-state index contributed by atoms with van der Waals surface area (Å²) < 4.78 is 11.5. The number of aliphatic hydroxyl groups excluding tert-OH is 1. The van der Waals surface area contributed by atoms with Crippen LogP contribution in [0, 0.1) is 0 Å². The number of benzene rings is 2. The molecule has 5 nitrogen and oxygen atoms in total. The quantitative estimate of drug-likeness (QED) is 0.186. The number of ether oxygens (including phenoxy) is 1. The zero-order chi connectivity index (χ0) is 27.9. The molecule has 0 saturated heterocycles. The Balaban J connectivity index is 1.97. The molecule has 2 atom stereocenters. The molecule has 1 amide bonds. The molecule has 2 aromatic rings. The van der Waals surface area contributed by atoms with E-state index in [4.69, 9.17) is 4.74 Å². The van der Waals surface area contributed by atoms with Gasteiger partial charge in [0.15, 0.2) is 0 Å². The van der Waals surface area contributed by atoms with Gasteiger partial charge in [-0.25, -0.2) is 0 Å². The van der Waals surface area contributed by atoms with Gasteiger partial charge in [0.2, 0.25) is 0 Å². The standard InChI is InChI=1S/C20H20NO4.3C4H9.Sn/c1-12(22)14-9-10-16-15(11-14)17(18(23)20(2,3)25-16)21-19(24)13-7-5-4-6-8-13;3*1-3-4-2;/h4-5,7-11,17-18,23H,1-3H3,(H,21,24);3*1,3-4H2,2H3;/t17-,18+;;;;/m0..../s1. The number of carbonyl (C=O) groups excluding carboxylic acids is 2. The minimum atomic E-state index is -2.71. The van der Waals surface area contributed by atoms with E-state index in [0.717, 1.165) is 0 Å². The van der Waals surface area contributed by atoms with Crippen LogP contribution >= 0.6 is 0 Å². The first-order chi connectivity index (χ1) is 18.1. The Labute approximate surface area is 233 Å². The van der Waals surface area contributed by atoms with Gasteiger partial charge < -0.3 is 0 Å². The number of nitrogens with one attached hydrogen (secondary N) is 1. The van der Waals surface area contributed by atoms with Crippen LogP contribution in [-0.2, 0) is 0 Å². The van der Waals surface area contributed by atoms with Crippen molar-refractivity contribution in [3.05, 3.63) is 59.2 Å². The van der Waals surface area contributed by atoms with Crippen molar-refractivity contribution in [3.8, 4) is 5.75 Å². The average Bonchev–Trinajstić information content (AvgIpc) is 2.90. The van der Waals surface area contributed by atoms with Crippen LogP contribution in [0.15, 0.2) is 42.5 Å². The molecule has 0 aromatic heterocycles. The molecule has 3 rings (SSSR count). The van der Waals surface area contributed by atoms with E-state index in [2.05, 4.69) is 38.2 Å². The van der Waals surface area contributed by atoms with Crippen LogP contribution in [0.5, 0.6) is 5.75 Å². The Morgan fingerprint density at radius 1 is 0.921 bits per heavy atom. The number of amides is 1. The number of rotatable bonds is 13. The SMILES string of the molecule is CCC[CH2][Sn]([CH2]CCC)([CH2]CCC)[c]1cccc(C(=O)N[C@H]2c3cc(C(C)=O)ccc3OC(C)(C)[C@@H]2O)c1. The zero-order valence-corrected chi connectivity index (χ0v) is 27.1. The minimum absolute atomic E-state index is 0.0695. The summed E-state index contributed by atoms with van der Waals surface area (Å²) in [7, 11) is 0. The summed E-state index contributed by atoms with van der Waals surface area (Å²) in [4.78, 5) is 25.8. The Hall–Kier alpha value is -1.86. The molecule has 2 aromatic carbocycles. The van der Waals surface area contributed by atoms with Crippen LogP contribution in [0.3, 0.4) is 0 Å². The molecule has 0 fully saturated rings. The number of aliphatic hydroxyl groups is 1. The van der Waals surface area contributed by atoms with E-state index in [1.54, 1.807) is 18.2 Å². The van der Waals surface area contributed by atoms with Crippen molar-refractivity contribution < 1.29 is 19.4 Å². The number of carbonyl (C=O) groups is 2. The van der Waals surface area contributed by atoms with Gasteiger partial charge in [-0.15, -0.1) is 0 Å². The van der Waals surface area contributed by atoms with Crippen LogP contribution in [0.2, 0.25) is 13.3 Å². The van der Waals surface area contributed by atoms with Crippen molar-refractivity contribution >= 4 is 33.6 Å². The first-order valence-electron chi connectivity index (χ1n) is 14.5. The van der Waals surface area contributed by atoms with E-state index in [1.165, 1.54) is 62.3 Å². The van der Waals surface area contributed by atoms with Gasteiger partial charge in [-0.1, -0.05) is 0 Å². The van der Waals surface area contributed by atoms with E-state index in [-0.39, 0.29) is 11.7 Å². The van der Waals surface area contributed by atoms with E-state index in [9.17, 15) is 14.7 Å². The third-order valence-corrected chi connectivity index (χ3v) is 23.8. The van der Waals surface area contributed by atoms with Gasteiger partial charge in [0.25, 0.3) is 0 Å². The second kappa shape index (κ2) is 13.5.